The number of aliphatic imine (C=N–C) groups is 1. The number of aryl methyl sites for hydroxylation is 1. The second kappa shape index (κ2) is 8.91. The van der Waals surface area contributed by atoms with Crippen molar-refractivity contribution < 1.29 is 14.2 Å². The number of aromatic nitrogens is 3. The second-order valence-corrected chi connectivity index (χ2v) is 7.77. The number of methoxy groups -OCH3 is 2. The lowest BCUT2D eigenvalue weighted by atomic mass is 10.1. The van der Waals surface area contributed by atoms with E-state index in [1.807, 2.05) is 4.68 Å². The highest BCUT2D eigenvalue weighted by molar-refractivity contribution is 5.80. The van der Waals surface area contributed by atoms with Crippen molar-refractivity contribution in [3.63, 3.8) is 0 Å². The van der Waals surface area contributed by atoms with E-state index < -0.39 is 0 Å². The van der Waals surface area contributed by atoms with Crippen LogP contribution in [0.4, 0.5) is 0 Å². The molecule has 2 N–H and O–H groups in total. The lowest BCUT2D eigenvalue weighted by molar-refractivity contribution is 0.177. The molecule has 3 heterocycles. The molecule has 0 spiro atoms. The molecule has 1 aromatic carbocycles. The Labute approximate surface area is 176 Å². The Hall–Kier alpha value is -2.81. The number of guanidine groups is 1. The van der Waals surface area contributed by atoms with Gasteiger partial charge in [-0.3, -0.25) is 4.99 Å². The Kier molecular flexibility index (Phi) is 6.08. The van der Waals surface area contributed by atoms with Gasteiger partial charge in [0.15, 0.2) is 11.8 Å². The summed E-state index contributed by atoms with van der Waals surface area (Å²) < 4.78 is 18.6. The molecular formula is C21H30N6O3. The standard InChI is InChI=1S/C21H30N6O3/c1-13-7-14-8-17(29-4)15(9-18(14)30-13)10-23-21(22-2)24-16-5-6-20-25-19(12-28-3)26-27(20)11-16/h8-9,13,16H,5-7,10-12H2,1-4H3,(H2,22,23,24). The van der Waals surface area contributed by atoms with Gasteiger partial charge in [0, 0.05) is 50.7 Å². The molecule has 2 aliphatic rings. The van der Waals surface area contributed by atoms with Crippen molar-refractivity contribution in [3.05, 3.63) is 34.9 Å². The van der Waals surface area contributed by atoms with Crippen molar-refractivity contribution in [1.82, 2.24) is 25.4 Å². The summed E-state index contributed by atoms with van der Waals surface area (Å²) in [6, 6.07) is 4.38. The molecule has 2 aromatic rings. The zero-order valence-electron chi connectivity index (χ0n) is 18.1. The fourth-order valence-corrected chi connectivity index (χ4v) is 4.05. The first-order valence-corrected chi connectivity index (χ1v) is 10.3. The molecule has 2 atom stereocenters. The molecule has 0 saturated carbocycles. The van der Waals surface area contributed by atoms with E-state index in [2.05, 4.69) is 44.8 Å². The van der Waals surface area contributed by atoms with Gasteiger partial charge in [-0.15, -0.1) is 0 Å². The van der Waals surface area contributed by atoms with Crippen LogP contribution in [0.2, 0.25) is 0 Å². The van der Waals surface area contributed by atoms with Crippen molar-refractivity contribution in [3.8, 4) is 11.5 Å². The van der Waals surface area contributed by atoms with Crippen LogP contribution in [0.25, 0.3) is 0 Å². The number of rotatable bonds is 6. The smallest absolute Gasteiger partial charge is 0.191 e. The van der Waals surface area contributed by atoms with Gasteiger partial charge in [0.25, 0.3) is 0 Å². The Morgan fingerprint density at radius 2 is 2.23 bits per heavy atom. The molecule has 1 aromatic heterocycles. The van der Waals surface area contributed by atoms with Gasteiger partial charge in [0.05, 0.1) is 13.7 Å². The van der Waals surface area contributed by atoms with Crippen LogP contribution in [0.1, 0.15) is 36.1 Å². The molecule has 0 bridgehead atoms. The summed E-state index contributed by atoms with van der Waals surface area (Å²) in [6.07, 6.45) is 2.97. The number of ether oxygens (including phenoxy) is 3. The predicted molar refractivity (Wildman–Crippen MR) is 113 cm³/mol. The number of fused-ring (bicyclic) bond motifs is 2. The molecule has 0 fully saturated rings. The highest BCUT2D eigenvalue weighted by Gasteiger charge is 2.24. The molecule has 0 aliphatic carbocycles. The summed E-state index contributed by atoms with van der Waals surface area (Å²) in [7, 11) is 5.14. The van der Waals surface area contributed by atoms with E-state index >= 15 is 0 Å². The molecule has 2 aliphatic heterocycles. The lowest BCUT2D eigenvalue weighted by Crippen LogP contribution is -2.46. The maximum Gasteiger partial charge on any atom is 0.191 e. The highest BCUT2D eigenvalue weighted by Crippen LogP contribution is 2.34. The first kappa shape index (κ1) is 20.5. The molecule has 4 rings (SSSR count). The summed E-state index contributed by atoms with van der Waals surface area (Å²) >= 11 is 0. The van der Waals surface area contributed by atoms with Gasteiger partial charge in [-0.1, -0.05) is 0 Å². The van der Waals surface area contributed by atoms with E-state index in [9.17, 15) is 0 Å². The van der Waals surface area contributed by atoms with Crippen LogP contribution < -0.4 is 20.1 Å². The van der Waals surface area contributed by atoms with Gasteiger partial charge in [-0.05, 0) is 25.5 Å². The van der Waals surface area contributed by atoms with E-state index in [0.29, 0.717) is 13.2 Å². The summed E-state index contributed by atoms with van der Waals surface area (Å²) in [6.45, 7) is 3.86. The third kappa shape index (κ3) is 4.35. The molecule has 9 nitrogen and oxygen atoms in total. The first-order chi connectivity index (χ1) is 14.6. The topological polar surface area (TPSA) is 94.8 Å². The first-order valence-electron chi connectivity index (χ1n) is 10.3. The Bertz CT molecular complexity index is 926. The minimum Gasteiger partial charge on any atom is -0.496 e. The predicted octanol–water partition coefficient (Wildman–Crippen LogP) is 1.44. The number of nitrogens with zero attached hydrogens (tertiary/aromatic N) is 4. The van der Waals surface area contributed by atoms with Gasteiger partial charge >= 0.3 is 0 Å². The van der Waals surface area contributed by atoms with Crippen molar-refractivity contribution in [1.29, 1.82) is 0 Å². The fraction of sp³-hybridized carbons (Fsp3) is 0.571. The van der Waals surface area contributed by atoms with E-state index in [0.717, 1.165) is 60.5 Å². The highest BCUT2D eigenvalue weighted by atomic mass is 16.5. The number of nitrogens with one attached hydrogen (secondary N) is 2. The van der Waals surface area contributed by atoms with E-state index in [1.54, 1.807) is 21.3 Å². The van der Waals surface area contributed by atoms with Crippen molar-refractivity contribution in [2.24, 2.45) is 4.99 Å². The second-order valence-electron chi connectivity index (χ2n) is 7.77. The van der Waals surface area contributed by atoms with E-state index in [4.69, 9.17) is 14.2 Å². The third-order valence-corrected chi connectivity index (χ3v) is 5.49. The summed E-state index contributed by atoms with van der Waals surface area (Å²) in [5, 5.41) is 11.4. The van der Waals surface area contributed by atoms with Gasteiger partial charge < -0.3 is 24.8 Å². The van der Waals surface area contributed by atoms with Crippen LogP contribution >= 0.6 is 0 Å². The number of benzene rings is 1. The monoisotopic (exact) mass is 414 g/mol. The molecular weight excluding hydrogens is 384 g/mol. The number of hydrogen-bond donors (Lipinski definition) is 2. The molecule has 162 valence electrons. The van der Waals surface area contributed by atoms with Crippen LogP contribution in [-0.2, 0) is 37.3 Å². The zero-order valence-corrected chi connectivity index (χ0v) is 18.1. The fourth-order valence-electron chi connectivity index (χ4n) is 4.05. The largest absolute Gasteiger partial charge is 0.496 e. The minimum atomic E-state index is 0.208. The van der Waals surface area contributed by atoms with Crippen molar-refractivity contribution in [2.45, 2.75) is 58.0 Å². The van der Waals surface area contributed by atoms with Crippen molar-refractivity contribution in [2.75, 3.05) is 21.3 Å². The maximum atomic E-state index is 5.90. The van der Waals surface area contributed by atoms with E-state index in [1.165, 1.54) is 5.56 Å². The number of hydrogen-bond acceptors (Lipinski definition) is 6. The van der Waals surface area contributed by atoms with Crippen LogP contribution in [0.15, 0.2) is 17.1 Å². The molecule has 0 amide bonds. The van der Waals surface area contributed by atoms with Crippen LogP contribution in [0, 0.1) is 0 Å². The van der Waals surface area contributed by atoms with Crippen molar-refractivity contribution >= 4 is 5.96 Å². The molecule has 2 unspecified atom stereocenters. The van der Waals surface area contributed by atoms with Crippen LogP contribution in [-0.4, -0.2) is 54.1 Å². The quantitative estimate of drug-likeness (QED) is 0.545. The van der Waals surface area contributed by atoms with Gasteiger partial charge in [-0.2, -0.15) is 5.10 Å². The minimum absolute atomic E-state index is 0.208. The summed E-state index contributed by atoms with van der Waals surface area (Å²) in [5.74, 6) is 4.31. The normalized spacial score (nSPS) is 20.3. The zero-order chi connectivity index (χ0) is 21.1. The molecule has 30 heavy (non-hydrogen) atoms. The van der Waals surface area contributed by atoms with E-state index in [-0.39, 0.29) is 12.1 Å². The third-order valence-electron chi connectivity index (χ3n) is 5.49. The summed E-state index contributed by atoms with van der Waals surface area (Å²) in [5.41, 5.74) is 2.24. The summed E-state index contributed by atoms with van der Waals surface area (Å²) in [4.78, 5) is 8.92. The Balaban J connectivity index is 1.37. The Morgan fingerprint density at radius 1 is 1.37 bits per heavy atom. The average Bonchev–Trinajstić information content (AvgIpc) is 3.31. The van der Waals surface area contributed by atoms with Gasteiger partial charge in [0.2, 0.25) is 0 Å². The van der Waals surface area contributed by atoms with Crippen LogP contribution in [0.3, 0.4) is 0 Å². The van der Waals surface area contributed by atoms with Gasteiger partial charge in [-0.25, -0.2) is 9.67 Å². The van der Waals surface area contributed by atoms with Crippen LogP contribution in [0.5, 0.6) is 11.5 Å². The Morgan fingerprint density at radius 3 is 3.00 bits per heavy atom. The SMILES string of the molecule is CN=C(NCc1cc2c(cc1OC)CC(C)O2)NC1CCc2nc(COC)nn2C1. The molecule has 9 heteroatoms. The maximum absolute atomic E-state index is 5.90. The average molecular weight is 415 g/mol. The molecule has 0 radical (unpaired) electrons. The molecule has 0 saturated heterocycles. The van der Waals surface area contributed by atoms with Gasteiger partial charge in [0.1, 0.15) is 30.0 Å². The lowest BCUT2D eigenvalue weighted by Gasteiger charge is -2.25.